The topological polar surface area (TPSA) is 90.6 Å². The van der Waals surface area contributed by atoms with Crippen LogP contribution in [0, 0.1) is 6.92 Å². The van der Waals surface area contributed by atoms with E-state index in [2.05, 4.69) is 20.5 Å². The lowest BCUT2D eigenvalue weighted by molar-refractivity contribution is 0.0950. The average molecular weight is 282 g/mol. The quantitative estimate of drug-likeness (QED) is 0.679. The van der Waals surface area contributed by atoms with Crippen molar-refractivity contribution in [2.45, 2.75) is 13.5 Å². The van der Waals surface area contributed by atoms with Crippen molar-refractivity contribution in [3.63, 3.8) is 0 Å². The first-order valence-corrected chi connectivity index (χ1v) is 6.54. The number of amides is 1. The number of para-hydroxylation sites is 1. The summed E-state index contributed by atoms with van der Waals surface area (Å²) in [7, 11) is 0. The number of hydrogen-bond donors (Lipinski definition) is 3. The molecule has 0 saturated carbocycles. The summed E-state index contributed by atoms with van der Waals surface area (Å²) in [4.78, 5) is 26.5. The van der Waals surface area contributed by atoms with Gasteiger partial charge in [0.2, 0.25) is 5.56 Å². The molecule has 106 valence electrons. The van der Waals surface area contributed by atoms with Crippen molar-refractivity contribution >= 4 is 16.8 Å². The van der Waals surface area contributed by atoms with E-state index in [9.17, 15) is 9.59 Å². The number of H-pyrrole nitrogens is 2. The first-order chi connectivity index (χ1) is 10.1. The number of nitrogens with zero attached hydrogens (tertiary/aromatic N) is 1. The third-order valence-corrected chi connectivity index (χ3v) is 3.35. The van der Waals surface area contributed by atoms with Crippen LogP contribution in [-0.4, -0.2) is 21.1 Å². The molecule has 0 bridgehead atoms. The van der Waals surface area contributed by atoms with Gasteiger partial charge in [-0.05, 0) is 18.6 Å². The van der Waals surface area contributed by atoms with Crippen molar-refractivity contribution < 1.29 is 4.79 Å². The molecule has 2 aromatic heterocycles. The van der Waals surface area contributed by atoms with E-state index < -0.39 is 0 Å². The summed E-state index contributed by atoms with van der Waals surface area (Å²) in [6.45, 7) is 2.07. The van der Waals surface area contributed by atoms with E-state index in [4.69, 9.17) is 0 Å². The molecule has 0 aliphatic carbocycles. The Labute approximate surface area is 120 Å². The van der Waals surface area contributed by atoms with Crippen molar-refractivity contribution in [1.82, 2.24) is 20.5 Å². The van der Waals surface area contributed by atoms with Gasteiger partial charge in [-0.1, -0.05) is 18.2 Å². The summed E-state index contributed by atoms with van der Waals surface area (Å²) in [5, 5.41) is 10.3. The molecule has 0 aliphatic rings. The predicted octanol–water partition coefficient (Wildman–Crippen LogP) is 1.49. The molecule has 0 fully saturated rings. The summed E-state index contributed by atoms with van der Waals surface area (Å²) in [6.07, 6.45) is 1.49. The molecule has 1 aromatic carbocycles. The number of fused-ring (bicyclic) bond motifs is 1. The number of aromatic amines is 2. The largest absolute Gasteiger partial charge is 0.348 e. The summed E-state index contributed by atoms with van der Waals surface area (Å²) in [5.41, 5.74) is 2.57. The Hall–Kier alpha value is -2.89. The molecule has 0 atom stereocenters. The zero-order chi connectivity index (χ0) is 14.8. The number of carbonyl (C=O) groups is 1. The smallest absolute Gasteiger partial charge is 0.255 e. The Morgan fingerprint density at radius 2 is 2.14 bits per heavy atom. The minimum atomic E-state index is -0.217. The highest BCUT2D eigenvalue weighted by molar-refractivity contribution is 5.95. The highest BCUT2D eigenvalue weighted by Crippen LogP contribution is 2.14. The molecule has 3 N–H and O–H groups in total. The van der Waals surface area contributed by atoms with Crippen LogP contribution >= 0.6 is 0 Å². The molecule has 0 unspecified atom stereocenters. The number of aromatic nitrogens is 3. The SMILES string of the molecule is Cc1[nH]ncc1C(=O)NCc1cc(=O)[nH]c2ccccc12. The van der Waals surface area contributed by atoms with E-state index >= 15 is 0 Å². The van der Waals surface area contributed by atoms with Gasteiger partial charge in [0.05, 0.1) is 11.8 Å². The Kier molecular flexibility index (Phi) is 3.27. The summed E-state index contributed by atoms with van der Waals surface area (Å²) < 4.78 is 0. The zero-order valence-corrected chi connectivity index (χ0v) is 11.4. The summed E-state index contributed by atoms with van der Waals surface area (Å²) in [6, 6.07) is 9.00. The second-order valence-electron chi connectivity index (χ2n) is 4.80. The van der Waals surface area contributed by atoms with Crippen LogP contribution in [0.3, 0.4) is 0 Å². The second-order valence-corrected chi connectivity index (χ2v) is 4.80. The lowest BCUT2D eigenvalue weighted by Gasteiger charge is -2.07. The molecule has 3 aromatic rings. The van der Waals surface area contributed by atoms with Gasteiger partial charge in [0.15, 0.2) is 0 Å². The number of hydrogen-bond acceptors (Lipinski definition) is 3. The highest BCUT2D eigenvalue weighted by Gasteiger charge is 2.11. The van der Waals surface area contributed by atoms with Gasteiger partial charge in [0.25, 0.3) is 5.91 Å². The van der Waals surface area contributed by atoms with E-state index in [1.807, 2.05) is 24.3 Å². The number of carbonyl (C=O) groups excluding carboxylic acids is 1. The van der Waals surface area contributed by atoms with Crippen LogP contribution in [0.2, 0.25) is 0 Å². The maximum Gasteiger partial charge on any atom is 0.255 e. The zero-order valence-electron chi connectivity index (χ0n) is 11.4. The van der Waals surface area contributed by atoms with E-state index in [-0.39, 0.29) is 18.0 Å². The van der Waals surface area contributed by atoms with Gasteiger partial charge in [-0.15, -0.1) is 0 Å². The van der Waals surface area contributed by atoms with E-state index in [1.54, 1.807) is 6.92 Å². The maximum absolute atomic E-state index is 12.1. The van der Waals surface area contributed by atoms with Crippen molar-refractivity contribution in [3.05, 3.63) is 63.7 Å². The van der Waals surface area contributed by atoms with Gasteiger partial charge in [-0.25, -0.2) is 0 Å². The highest BCUT2D eigenvalue weighted by atomic mass is 16.1. The Balaban J connectivity index is 1.87. The number of nitrogens with one attached hydrogen (secondary N) is 3. The summed E-state index contributed by atoms with van der Waals surface area (Å²) in [5.74, 6) is -0.217. The van der Waals surface area contributed by atoms with E-state index in [0.717, 1.165) is 16.5 Å². The molecule has 21 heavy (non-hydrogen) atoms. The number of rotatable bonds is 3. The fraction of sp³-hybridized carbons (Fsp3) is 0.133. The van der Waals surface area contributed by atoms with Crippen LogP contribution in [0.1, 0.15) is 21.6 Å². The monoisotopic (exact) mass is 282 g/mol. The maximum atomic E-state index is 12.1. The van der Waals surface area contributed by atoms with Crippen LogP contribution in [-0.2, 0) is 6.54 Å². The lowest BCUT2D eigenvalue weighted by Crippen LogP contribution is -2.24. The van der Waals surface area contributed by atoms with Gasteiger partial charge in [0.1, 0.15) is 0 Å². The molecule has 2 heterocycles. The molecular weight excluding hydrogens is 268 g/mol. The normalized spacial score (nSPS) is 10.7. The number of pyridine rings is 1. The lowest BCUT2D eigenvalue weighted by atomic mass is 10.1. The fourth-order valence-corrected chi connectivity index (χ4v) is 2.27. The van der Waals surface area contributed by atoms with Gasteiger partial charge in [0, 0.05) is 29.2 Å². The molecular formula is C15H14N4O2. The van der Waals surface area contributed by atoms with Crippen LogP contribution < -0.4 is 10.9 Å². The van der Waals surface area contributed by atoms with Gasteiger partial charge in [-0.3, -0.25) is 14.7 Å². The molecule has 3 rings (SSSR count). The van der Waals surface area contributed by atoms with Gasteiger partial charge in [-0.2, -0.15) is 5.10 Å². The third-order valence-electron chi connectivity index (χ3n) is 3.35. The number of benzene rings is 1. The van der Waals surface area contributed by atoms with Crippen molar-refractivity contribution in [1.29, 1.82) is 0 Å². The summed E-state index contributed by atoms with van der Waals surface area (Å²) >= 11 is 0. The van der Waals surface area contributed by atoms with Crippen LogP contribution in [0.15, 0.2) is 41.3 Å². The molecule has 1 amide bonds. The minimum Gasteiger partial charge on any atom is -0.348 e. The molecule has 6 nitrogen and oxygen atoms in total. The predicted molar refractivity (Wildman–Crippen MR) is 79.1 cm³/mol. The van der Waals surface area contributed by atoms with Crippen molar-refractivity contribution in [3.8, 4) is 0 Å². The van der Waals surface area contributed by atoms with Crippen LogP contribution in [0.4, 0.5) is 0 Å². The number of aryl methyl sites for hydroxylation is 1. The first-order valence-electron chi connectivity index (χ1n) is 6.54. The van der Waals surface area contributed by atoms with E-state index in [0.29, 0.717) is 11.3 Å². The Morgan fingerprint density at radius 1 is 1.33 bits per heavy atom. The molecule has 0 spiro atoms. The Bertz CT molecular complexity index is 863. The Morgan fingerprint density at radius 3 is 2.90 bits per heavy atom. The standard InChI is InChI=1S/C15H14N4O2/c1-9-12(8-17-19-9)15(21)16-7-10-6-14(20)18-13-5-3-2-4-11(10)13/h2-6,8H,7H2,1H3,(H,16,21)(H,17,19)(H,18,20). The average Bonchev–Trinajstić information content (AvgIpc) is 2.90. The van der Waals surface area contributed by atoms with Crippen molar-refractivity contribution in [2.24, 2.45) is 0 Å². The van der Waals surface area contributed by atoms with E-state index in [1.165, 1.54) is 12.3 Å². The molecule has 6 heteroatoms. The van der Waals surface area contributed by atoms with Crippen molar-refractivity contribution in [2.75, 3.05) is 0 Å². The molecule has 0 saturated heterocycles. The third kappa shape index (κ3) is 2.55. The van der Waals surface area contributed by atoms with Gasteiger partial charge < -0.3 is 10.3 Å². The molecule has 0 radical (unpaired) electrons. The van der Waals surface area contributed by atoms with Crippen LogP contribution in [0.25, 0.3) is 10.9 Å². The second kappa shape index (κ2) is 5.24. The first kappa shape index (κ1) is 13.1. The minimum absolute atomic E-state index is 0.183. The van der Waals surface area contributed by atoms with Gasteiger partial charge >= 0.3 is 0 Å². The molecule has 0 aliphatic heterocycles. The fourth-order valence-electron chi connectivity index (χ4n) is 2.27. The van der Waals surface area contributed by atoms with Crippen LogP contribution in [0.5, 0.6) is 0 Å².